The van der Waals surface area contributed by atoms with Crippen molar-refractivity contribution in [1.29, 1.82) is 0 Å². The van der Waals surface area contributed by atoms with Crippen molar-refractivity contribution >= 4 is 34.6 Å². The fourth-order valence-corrected chi connectivity index (χ4v) is 3.78. The van der Waals surface area contributed by atoms with Crippen LogP contribution in [0.25, 0.3) is 9.88 Å². The Morgan fingerprint density at radius 3 is 2.83 bits per heavy atom. The molecule has 0 aliphatic heterocycles. The van der Waals surface area contributed by atoms with E-state index in [-0.39, 0.29) is 12.4 Å². The van der Waals surface area contributed by atoms with E-state index in [1.807, 2.05) is 17.5 Å². The smallest absolute Gasteiger partial charge is 0.374 e. The summed E-state index contributed by atoms with van der Waals surface area (Å²) in [4.78, 5) is 29.7. The number of rotatable bonds is 5. The van der Waals surface area contributed by atoms with Gasteiger partial charge in [0.25, 0.3) is 0 Å². The third kappa shape index (κ3) is 3.24. The molecule has 3 aromatic rings. The zero-order chi connectivity index (χ0) is 17.1. The van der Waals surface area contributed by atoms with Gasteiger partial charge in [0.05, 0.1) is 23.9 Å². The van der Waals surface area contributed by atoms with E-state index in [0.29, 0.717) is 16.1 Å². The van der Waals surface area contributed by atoms with Crippen LogP contribution in [0.3, 0.4) is 0 Å². The van der Waals surface area contributed by atoms with Gasteiger partial charge in [-0.2, -0.15) is 0 Å². The van der Waals surface area contributed by atoms with Gasteiger partial charge in [0.1, 0.15) is 16.5 Å². The van der Waals surface area contributed by atoms with E-state index < -0.39 is 11.9 Å². The highest BCUT2D eigenvalue weighted by Gasteiger charge is 2.21. The number of thiazole rings is 1. The molecule has 24 heavy (non-hydrogen) atoms. The third-order valence-corrected chi connectivity index (χ3v) is 5.37. The maximum absolute atomic E-state index is 12.3. The highest BCUT2D eigenvalue weighted by atomic mass is 32.1. The van der Waals surface area contributed by atoms with Crippen LogP contribution in [0.1, 0.15) is 31.5 Å². The highest BCUT2D eigenvalue weighted by Crippen LogP contribution is 2.31. The average molecular weight is 363 g/mol. The Balaban J connectivity index is 1.72. The van der Waals surface area contributed by atoms with E-state index in [1.165, 1.54) is 24.7 Å². The normalized spacial score (nSPS) is 10.6. The molecule has 0 saturated carbocycles. The predicted molar refractivity (Wildman–Crippen MR) is 89.3 cm³/mol. The van der Waals surface area contributed by atoms with Crippen LogP contribution in [0.15, 0.2) is 34.3 Å². The molecule has 3 aromatic heterocycles. The van der Waals surface area contributed by atoms with Crippen molar-refractivity contribution in [1.82, 2.24) is 4.98 Å². The lowest BCUT2D eigenvalue weighted by Gasteiger charge is -2.03. The molecule has 0 fully saturated rings. The predicted octanol–water partition coefficient (Wildman–Crippen LogP) is 3.92. The van der Waals surface area contributed by atoms with Crippen LogP contribution in [0.2, 0.25) is 0 Å². The molecule has 0 aromatic carbocycles. The van der Waals surface area contributed by atoms with Gasteiger partial charge in [0.2, 0.25) is 5.76 Å². The molecule has 0 aliphatic rings. The number of nitrogens with zero attached hydrogens (tertiary/aromatic N) is 1. The highest BCUT2D eigenvalue weighted by molar-refractivity contribution is 7.22. The maximum Gasteiger partial charge on any atom is 0.374 e. The molecule has 0 radical (unpaired) electrons. The van der Waals surface area contributed by atoms with Crippen LogP contribution in [-0.2, 0) is 16.1 Å². The Bertz CT molecular complexity index is 863. The number of hydrogen-bond donors (Lipinski definition) is 0. The summed E-state index contributed by atoms with van der Waals surface area (Å²) in [6.07, 6.45) is 1.35. The van der Waals surface area contributed by atoms with E-state index in [9.17, 15) is 9.59 Å². The Kier molecular flexibility index (Phi) is 4.77. The fraction of sp³-hybridized carbons (Fsp3) is 0.188. The van der Waals surface area contributed by atoms with Gasteiger partial charge in [-0.15, -0.1) is 22.7 Å². The quantitative estimate of drug-likeness (QED) is 0.639. The van der Waals surface area contributed by atoms with Gasteiger partial charge < -0.3 is 13.9 Å². The Morgan fingerprint density at radius 1 is 1.29 bits per heavy atom. The summed E-state index contributed by atoms with van der Waals surface area (Å²) >= 11 is 2.85. The van der Waals surface area contributed by atoms with Crippen LogP contribution >= 0.6 is 22.7 Å². The molecule has 124 valence electrons. The summed E-state index contributed by atoms with van der Waals surface area (Å²) in [5.41, 5.74) is 1.07. The number of hydrogen-bond acceptors (Lipinski definition) is 8. The number of esters is 2. The van der Waals surface area contributed by atoms with Gasteiger partial charge in [0.15, 0.2) is 0 Å². The number of ether oxygens (including phenoxy) is 2. The lowest BCUT2D eigenvalue weighted by atomic mass is 10.2. The number of furan rings is 1. The lowest BCUT2D eigenvalue weighted by molar-refractivity contribution is 0.0457. The first-order valence-corrected chi connectivity index (χ1v) is 8.63. The van der Waals surface area contributed by atoms with Crippen LogP contribution in [0.5, 0.6) is 0 Å². The first-order chi connectivity index (χ1) is 11.6. The van der Waals surface area contributed by atoms with E-state index >= 15 is 0 Å². The van der Waals surface area contributed by atoms with E-state index in [2.05, 4.69) is 9.72 Å². The number of methoxy groups -OCH3 is 1. The zero-order valence-electron chi connectivity index (χ0n) is 12.9. The topological polar surface area (TPSA) is 78.6 Å². The maximum atomic E-state index is 12.3. The van der Waals surface area contributed by atoms with Gasteiger partial charge in [-0.1, -0.05) is 6.07 Å². The molecule has 0 spiro atoms. The zero-order valence-corrected chi connectivity index (χ0v) is 14.5. The minimum Gasteiger partial charge on any atom is -0.463 e. The van der Waals surface area contributed by atoms with Crippen LogP contribution < -0.4 is 0 Å². The molecule has 0 amide bonds. The lowest BCUT2D eigenvalue weighted by Crippen LogP contribution is -2.08. The number of aryl methyl sites for hydroxylation is 1. The van der Waals surface area contributed by atoms with Gasteiger partial charge in [0, 0.05) is 5.56 Å². The Labute approximate surface area is 145 Å². The number of aromatic nitrogens is 1. The average Bonchev–Trinajstić information content (AvgIpc) is 3.31. The van der Waals surface area contributed by atoms with Crippen LogP contribution in [-0.4, -0.2) is 24.0 Å². The molecular weight excluding hydrogens is 350 g/mol. The molecule has 0 saturated heterocycles. The van der Waals surface area contributed by atoms with E-state index in [0.717, 1.165) is 9.88 Å². The third-order valence-electron chi connectivity index (χ3n) is 3.19. The molecule has 0 atom stereocenters. The summed E-state index contributed by atoms with van der Waals surface area (Å²) in [5, 5.41) is 2.74. The van der Waals surface area contributed by atoms with Crippen molar-refractivity contribution in [3.8, 4) is 9.88 Å². The summed E-state index contributed by atoms with van der Waals surface area (Å²) in [7, 11) is 1.26. The van der Waals surface area contributed by atoms with Crippen LogP contribution in [0, 0.1) is 6.92 Å². The summed E-state index contributed by atoms with van der Waals surface area (Å²) in [6.45, 7) is 1.69. The van der Waals surface area contributed by atoms with Crippen molar-refractivity contribution in [3.63, 3.8) is 0 Å². The SMILES string of the molecule is COC(=O)c1occc1COC(=O)c1sc(-c2cccs2)nc1C. The number of carbonyl (C=O) groups is 2. The monoisotopic (exact) mass is 363 g/mol. The minimum atomic E-state index is -0.611. The molecule has 3 heterocycles. The van der Waals surface area contributed by atoms with Crippen molar-refractivity contribution in [2.45, 2.75) is 13.5 Å². The second-order valence-corrected chi connectivity index (χ2v) is 6.70. The summed E-state index contributed by atoms with van der Waals surface area (Å²) in [5.74, 6) is -1.06. The van der Waals surface area contributed by atoms with E-state index in [1.54, 1.807) is 24.3 Å². The second kappa shape index (κ2) is 6.98. The van der Waals surface area contributed by atoms with Crippen molar-refractivity contribution < 1.29 is 23.5 Å². The Morgan fingerprint density at radius 2 is 2.12 bits per heavy atom. The van der Waals surface area contributed by atoms with Crippen molar-refractivity contribution in [3.05, 3.63) is 51.7 Å². The van der Waals surface area contributed by atoms with Crippen LogP contribution in [0.4, 0.5) is 0 Å². The standard InChI is InChI=1S/C16H13NO5S2/c1-9-13(24-14(17-9)11-4-3-7-23-11)16(19)22-8-10-5-6-21-12(10)15(18)20-2/h3-7H,8H2,1-2H3. The molecule has 3 rings (SSSR count). The molecular formula is C16H13NO5S2. The van der Waals surface area contributed by atoms with Gasteiger partial charge in [-0.3, -0.25) is 0 Å². The second-order valence-electron chi connectivity index (χ2n) is 4.75. The molecule has 0 N–H and O–H groups in total. The summed E-state index contributed by atoms with van der Waals surface area (Å²) < 4.78 is 15.0. The molecule has 0 bridgehead atoms. The van der Waals surface area contributed by atoms with Crippen molar-refractivity contribution in [2.75, 3.05) is 7.11 Å². The number of carbonyl (C=O) groups excluding carboxylic acids is 2. The fourth-order valence-electron chi connectivity index (χ4n) is 2.02. The summed E-state index contributed by atoms with van der Waals surface area (Å²) in [6, 6.07) is 5.45. The molecule has 6 nitrogen and oxygen atoms in total. The molecule has 0 aliphatic carbocycles. The number of thiophene rings is 1. The van der Waals surface area contributed by atoms with Gasteiger partial charge in [-0.25, -0.2) is 14.6 Å². The van der Waals surface area contributed by atoms with Gasteiger partial charge >= 0.3 is 11.9 Å². The largest absolute Gasteiger partial charge is 0.463 e. The Hall–Kier alpha value is -2.45. The first kappa shape index (κ1) is 16.4. The molecule has 8 heteroatoms. The first-order valence-electron chi connectivity index (χ1n) is 6.93. The van der Waals surface area contributed by atoms with Crippen molar-refractivity contribution in [2.24, 2.45) is 0 Å². The molecule has 0 unspecified atom stereocenters. The van der Waals surface area contributed by atoms with E-state index in [4.69, 9.17) is 9.15 Å². The van der Waals surface area contributed by atoms with Gasteiger partial charge in [-0.05, 0) is 24.4 Å². The minimum absolute atomic E-state index is 0.0330.